The zero-order valence-electron chi connectivity index (χ0n) is 9.29. The molecule has 0 atom stereocenters. The normalized spacial score (nSPS) is 10.4. The van der Waals surface area contributed by atoms with E-state index < -0.39 is 0 Å². The Kier molecular flexibility index (Phi) is 2.60. The molecule has 3 heteroatoms. The van der Waals surface area contributed by atoms with Gasteiger partial charge < -0.3 is 5.73 Å². The van der Waals surface area contributed by atoms with Crippen molar-refractivity contribution in [1.82, 2.24) is 4.98 Å². The summed E-state index contributed by atoms with van der Waals surface area (Å²) in [5.41, 5.74) is 8.67. The van der Waals surface area contributed by atoms with Crippen LogP contribution in [0.3, 0.4) is 0 Å². The summed E-state index contributed by atoms with van der Waals surface area (Å²) in [5.74, 6) is 0.220. The predicted octanol–water partition coefficient (Wildman–Crippen LogP) is 3.09. The fraction of sp³-hybridized carbons (Fsp3) is 0.154. The predicted molar refractivity (Wildman–Crippen MR) is 63.5 cm³/mol. The van der Waals surface area contributed by atoms with Crippen molar-refractivity contribution >= 4 is 5.82 Å². The van der Waals surface area contributed by atoms with Crippen LogP contribution in [0.25, 0.3) is 11.1 Å². The molecule has 82 valence electrons. The zero-order valence-corrected chi connectivity index (χ0v) is 9.29. The summed E-state index contributed by atoms with van der Waals surface area (Å²) >= 11 is 0. The highest BCUT2D eigenvalue weighted by Crippen LogP contribution is 2.27. The van der Waals surface area contributed by atoms with Gasteiger partial charge in [-0.05, 0) is 43.2 Å². The molecule has 1 heterocycles. The van der Waals surface area contributed by atoms with Crippen molar-refractivity contribution in [3.05, 3.63) is 47.4 Å². The summed E-state index contributed by atoms with van der Waals surface area (Å²) < 4.78 is 13.8. The Morgan fingerprint density at radius 3 is 2.50 bits per heavy atom. The number of aromatic nitrogens is 1. The first-order valence-corrected chi connectivity index (χ1v) is 5.06. The van der Waals surface area contributed by atoms with Crippen LogP contribution in [0.2, 0.25) is 0 Å². The molecule has 16 heavy (non-hydrogen) atoms. The van der Waals surface area contributed by atoms with Crippen LogP contribution in [0.1, 0.15) is 11.1 Å². The van der Waals surface area contributed by atoms with E-state index >= 15 is 0 Å². The Balaban J connectivity index is 2.60. The van der Waals surface area contributed by atoms with Crippen molar-refractivity contribution in [2.24, 2.45) is 0 Å². The average molecular weight is 216 g/mol. The quantitative estimate of drug-likeness (QED) is 0.795. The summed E-state index contributed by atoms with van der Waals surface area (Å²) in [4.78, 5) is 3.97. The minimum Gasteiger partial charge on any atom is -0.384 e. The maximum absolute atomic E-state index is 13.8. The fourth-order valence-corrected chi connectivity index (χ4v) is 1.83. The highest BCUT2D eigenvalue weighted by Gasteiger charge is 2.09. The lowest BCUT2D eigenvalue weighted by Crippen LogP contribution is -1.93. The molecule has 0 radical (unpaired) electrons. The van der Waals surface area contributed by atoms with Crippen molar-refractivity contribution in [2.75, 3.05) is 5.73 Å². The first-order valence-electron chi connectivity index (χ1n) is 5.06. The molecule has 2 aromatic rings. The van der Waals surface area contributed by atoms with Gasteiger partial charge in [-0.3, -0.25) is 0 Å². The first-order chi connectivity index (χ1) is 7.58. The van der Waals surface area contributed by atoms with Crippen molar-refractivity contribution < 1.29 is 4.39 Å². The highest BCUT2D eigenvalue weighted by atomic mass is 19.1. The number of anilines is 1. The Morgan fingerprint density at radius 2 is 1.94 bits per heavy atom. The zero-order chi connectivity index (χ0) is 11.7. The van der Waals surface area contributed by atoms with Gasteiger partial charge >= 0.3 is 0 Å². The smallest absolute Gasteiger partial charge is 0.131 e. The van der Waals surface area contributed by atoms with Gasteiger partial charge in [-0.2, -0.15) is 0 Å². The van der Waals surface area contributed by atoms with Crippen molar-refractivity contribution in [2.45, 2.75) is 13.8 Å². The third kappa shape index (κ3) is 1.89. The van der Waals surface area contributed by atoms with Crippen LogP contribution in [-0.2, 0) is 0 Å². The molecule has 0 fully saturated rings. The lowest BCUT2D eigenvalue weighted by molar-refractivity contribution is 0.629. The Morgan fingerprint density at radius 1 is 1.19 bits per heavy atom. The first kappa shape index (κ1) is 10.6. The van der Waals surface area contributed by atoms with E-state index in [1.807, 2.05) is 19.9 Å². The Bertz CT molecular complexity index is 495. The number of nitrogens with two attached hydrogens (primary N) is 1. The van der Waals surface area contributed by atoms with E-state index in [1.54, 1.807) is 18.3 Å². The van der Waals surface area contributed by atoms with E-state index in [-0.39, 0.29) is 5.82 Å². The van der Waals surface area contributed by atoms with E-state index in [1.165, 1.54) is 6.07 Å². The van der Waals surface area contributed by atoms with Gasteiger partial charge in [0.2, 0.25) is 0 Å². The van der Waals surface area contributed by atoms with E-state index in [2.05, 4.69) is 4.98 Å². The molecule has 0 saturated heterocycles. The van der Waals surface area contributed by atoms with Gasteiger partial charge in [0, 0.05) is 17.3 Å². The molecule has 0 saturated carbocycles. The van der Waals surface area contributed by atoms with Crippen LogP contribution >= 0.6 is 0 Å². The number of hydrogen-bond acceptors (Lipinski definition) is 2. The van der Waals surface area contributed by atoms with Gasteiger partial charge in [-0.15, -0.1) is 0 Å². The molecular weight excluding hydrogens is 203 g/mol. The number of halogens is 1. The Labute approximate surface area is 93.9 Å². The molecular formula is C13H13FN2. The largest absolute Gasteiger partial charge is 0.384 e. The molecule has 1 aromatic carbocycles. The maximum atomic E-state index is 13.8. The molecule has 0 spiro atoms. The molecule has 1 aromatic heterocycles. The lowest BCUT2D eigenvalue weighted by Gasteiger charge is -2.08. The summed E-state index contributed by atoms with van der Waals surface area (Å²) in [7, 11) is 0. The molecule has 0 aliphatic heterocycles. The molecule has 2 N–H and O–H groups in total. The third-order valence-corrected chi connectivity index (χ3v) is 2.51. The van der Waals surface area contributed by atoms with Crippen LogP contribution in [-0.4, -0.2) is 4.98 Å². The second kappa shape index (κ2) is 3.93. The molecule has 0 bridgehead atoms. The summed E-state index contributed by atoms with van der Waals surface area (Å²) in [5, 5.41) is 0. The molecule has 2 rings (SSSR count). The van der Waals surface area contributed by atoms with E-state index in [0.717, 1.165) is 16.7 Å². The molecule has 0 unspecified atom stereocenters. The van der Waals surface area contributed by atoms with Crippen molar-refractivity contribution in [3.63, 3.8) is 0 Å². The second-order valence-corrected chi connectivity index (χ2v) is 3.91. The summed E-state index contributed by atoms with van der Waals surface area (Å²) in [6.45, 7) is 3.77. The maximum Gasteiger partial charge on any atom is 0.131 e. The standard InChI is InChI=1S/C13H13FN2/c1-8-5-9(2)13(11(14)6-8)10-3-4-12(15)16-7-10/h3-7H,1-2H3,(H2,15,16). The SMILES string of the molecule is Cc1cc(C)c(-c2ccc(N)nc2)c(F)c1. The molecule has 0 aliphatic carbocycles. The summed E-state index contributed by atoms with van der Waals surface area (Å²) in [6.07, 6.45) is 1.59. The Hall–Kier alpha value is -1.90. The van der Waals surface area contributed by atoms with E-state index in [4.69, 9.17) is 5.73 Å². The van der Waals surface area contributed by atoms with Crippen LogP contribution < -0.4 is 5.73 Å². The van der Waals surface area contributed by atoms with Crippen LogP contribution in [0.4, 0.5) is 10.2 Å². The van der Waals surface area contributed by atoms with Gasteiger partial charge in [0.15, 0.2) is 0 Å². The number of nitrogen functional groups attached to an aromatic ring is 1. The van der Waals surface area contributed by atoms with Gasteiger partial charge in [0.05, 0.1) is 0 Å². The van der Waals surface area contributed by atoms with Gasteiger partial charge in [0.25, 0.3) is 0 Å². The van der Waals surface area contributed by atoms with Crippen molar-refractivity contribution in [1.29, 1.82) is 0 Å². The topological polar surface area (TPSA) is 38.9 Å². The fourth-order valence-electron chi connectivity index (χ4n) is 1.83. The van der Waals surface area contributed by atoms with E-state index in [0.29, 0.717) is 11.4 Å². The molecule has 0 amide bonds. The number of hydrogen-bond donors (Lipinski definition) is 1. The highest BCUT2D eigenvalue weighted by molar-refractivity contribution is 5.68. The number of pyridine rings is 1. The van der Waals surface area contributed by atoms with Crippen molar-refractivity contribution in [3.8, 4) is 11.1 Å². The number of nitrogens with zero attached hydrogens (tertiary/aromatic N) is 1. The van der Waals surface area contributed by atoms with Crippen LogP contribution in [0, 0.1) is 19.7 Å². The average Bonchev–Trinajstić information content (AvgIpc) is 2.19. The van der Waals surface area contributed by atoms with E-state index in [9.17, 15) is 4.39 Å². The van der Waals surface area contributed by atoms with Gasteiger partial charge in [-0.25, -0.2) is 9.37 Å². The van der Waals surface area contributed by atoms with Gasteiger partial charge in [0.1, 0.15) is 11.6 Å². The summed E-state index contributed by atoms with van der Waals surface area (Å²) in [6, 6.07) is 6.94. The van der Waals surface area contributed by atoms with Gasteiger partial charge in [-0.1, -0.05) is 6.07 Å². The number of benzene rings is 1. The third-order valence-electron chi connectivity index (χ3n) is 2.51. The molecule has 2 nitrogen and oxygen atoms in total. The second-order valence-electron chi connectivity index (χ2n) is 3.91. The lowest BCUT2D eigenvalue weighted by atomic mass is 9.99. The minimum atomic E-state index is -0.218. The number of aryl methyl sites for hydroxylation is 2. The minimum absolute atomic E-state index is 0.218. The monoisotopic (exact) mass is 216 g/mol. The molecule has 0 aliphatic rings. The number of rotatable bonds is 1. The van der Waals surface area contributed by atoms with Crippen LogP contribution in [0.5, 0.6) is 0 Å². The van der Waals surface area contributed by atoms with Crippen LogP contribution in [0.15, 0.2) is 30.5 Å².